The normalized spacial score (nSPS) is 22.0. The number of ether oxygens (including phenoxy) is 2. The number of likely N-dealkylation sites (tertiary alicyclic amines) is 1. The molecule has 3 rings (SSSR count). The number of aryl methyl sites for hydroxylation is 1. The van der Waals surface area contributed by atoms with Crippen molar-refractivity contribution in [2.75, 3.05) is 39.9 Å². The van der Waals surface area contributed by atoms with Crippen molar-refractivity contribution in [1.82, 2.24) is 15.2 Å². The monoisotopic (exact) mass is 360 g/mol. The largest absolute Gasteiger partial charge is 0.376 e. The Labute approximate surface area is 157 Å². The molecule has 2 fully saturated rings. The van der Waals surface area contributed by atoms with Gasteiger partial charge in [-0.05, 0) is 50.7 Å². The number of aliphatic imine (C=N–C) groups is 1. The zero-order valence-corrected chi connectivity index (χ0v) is 16.1. The predicted molar refractivity (Wildman–Crippen MR) is 104 cm³/mol. The topological polar surface area (TPSA) is 59.0 Å². The van der Waals surface area contributed by atoms with Gasteiger partial charge in [0.25, 0.3) is 0 Å². The van der Waals surface area contributed by atoms with Gasteiger partial charge in [-0.15, -0.1) is 0 Å². The minimum Gasteiger partial charge on any atom is -0.376 e. The van der Waals surface area contributed by atoms with Gasteiger partial charge in [-0.1, -0.05) is 6.07 Å². The highest BCUT2D eigenvalue weighted by Crippen LogP contribution is 2.17. The molecule has 0 saturated carbocycles. The molecule has 3 heterocycles. The van der Waals surface area contributed by atoms with Gasteiger partial charge in [-0.25, -0.2) is 0 Å². The van der Waals surface area contributed by atoms with Crippen molar-refractivity contribution in [2.45, 2.75) is 51.2 Å². The number of guanidine groups is 1. The maximum atomic E-state index is 6.06. The van der Waals surface area contributed by atoms with Gasteiger partial charge in [0.05, 0.1) is 18.8 Å². The van der Waals surface area contributed by atoms with Crippen LogP contribution in [0.25, 0.3) is 0 Å². The third kappa shape index (κ3) is 5.68. The molecule has 0 bridgehead atoms. The number of pyridine rings is 1. The van der Waals surface area contributed by atoms with E-state index in [2.05, 4.69) is 32.3 Å². The van der Waals surface area contributed by atoms with Crippen LogP contribution >= 0.6 is 0 Å². The molecule has 0 spiro atoms. The molecular weight excluding hydrogens is 328 g/mol. The molecule has 2 saturated heterocycles. The summed E-state index contributed by atoms with van der Waals surface area (Å²) in [4.78, 5) is 11.1. The quantitative estimate of drug-likeness (QED) is 0.622. The number of piperidine rings is 1. The fourth-order valence-electron chi connectivity index (χ4n) is 3.55. The summed E-state index contributed by atoms with van der Waals surface area (Å²) in [6.07, 6.45) is 8.00. The van der Waals surface area contributed by atoms with E-state index >= 15 is 0 Å². The SMILES string of the molecule is CN=C(NCCc1ccc(C)nc1)N1CCC(OCC2CCCO2)CC1. The first-order valence-electron chi connectivity index (χ1n) is 9.85. The predicted octanol–water partition coefficient (Wildman–Crippen LogP) is 2.17. The molecule has 0 aliphatic carbocycles. The Morgan fingerprint density at radius 2 is 2.19 bits per heavy atom. The Balaban J connectivity index is 1.35. The fraction of sp³-hybridized carbons (Fsp3) is 0.700. The van der Waals surface area contributed by atoms with E-state index in [1.807, 2.05) is 20.2 Å². The summed E-state index contributed by atoms with van der Waals surface area (Å²) in [5.74, 6) is 0.989. The lowest BCUT2D eigenvalue weighted by Crippen LogP contribution is -2.47. The molecule has 26 heavy (non-hydrogen) atoms. The molecule has 144 valence electrons. The number of hydrogen-bond acceptors (Lipinski definition) is 4. The smallest absolute Gasteiger partial charge is 0.193 e. The van der Waals surface area contributed by atoms with Gasteiger partial charge in [0.2, 0.25) is 0 Å². The molecule has 6 nitrogen and oxygen atoms in total. The summed E-state index contributed by atoms with van der Waals surface area (Å²) >= 11 is 0. The van der Waals surface area contributed by atoms with Crippen molar-refractivity contribution < 1.29 is 9.47 Å². The molecule has 0 amide bonds. The minimum absolute atomic E-state index is 0.318. The van der Waals surface area contributed by atoms with Crippen molar-refractivity contribution in [3.63, 3.8) is 0 Å². The van der Waals surface area contributed by atoms with E-state index in [9.17, 15) is 0 Å². The second-order valence-electron chi connectivity index (χ2n) is 7.19. The van der Waals surface area contributed by atoms with Crippen molar-refractivity contribution >= 4 is 5.96 Å². The highest BCUT2D eigenvalue weighted by Gasteiger charge is 2.24. The molecule has 2 aliphatic heterocycles. The van der Waals surface area contributed by atoms with E-state index in [4.69, 9.17) is 9.47 Å². The Morgan fingerprint density at radius 1 is 1.35 bits per heavy atom. The number of rotatable bonds is 6. The highest BCUT2D eigenvalue weighted by atomic mass is 16.5. The lowest BCUT2D eigenvalue weighted by atomic mass is 10.1. The van der Waals surface area contributed by atoms with Crippen molar-refractivity contribution in [1.29, 1.82) is 0 Å². The zero-order valence-electron chi connectivity index (χ0n) is 16.1. The van der Waals surface area contributed by atoms with Gasteiger partial charge in [0.1, 0.15) is 0 Å². The first kappa shape index (κ1) is 19.1. The minimum atomic E-state index is 0.318. The number of nitrogens with one attached hydrogen (secondary N) is 1. The van der Waals surface area contributed by atoms with Crippen LogP contribution in [-0.2, 0) is 15.9 Å². The average molecular weight is 361 g/mol. The molecule has 1 aromatic rings. The number of nitrogens with zero attached hydrogens (tertiary/aromatic N) is 3. The Hall–Kier alpha value is -1.66. The Kier molecular flexibility index (Phi) is 7.26. The summed E-state index contributed by atoms with van der Waals surface area (Å²) in [5, 5.41) is 3.48. The van der Waals surface area contributed by atoms with Gasteiger partial charge in [0, 0.05) is 45.2 Å². The second-order valence-corrected chi connectivity index (χ2v) is 7.19. The van der Waals surface area contributed by atoms with Crippen LogP contribution in [0.2, 0.25) is 0 Å². The van der Waals surface area contributed by atoms with Crippen molar-refractivity contribution in [3.05, 3.63) is 29.6 Å². The number of aromatic nitrogens is 1. The van der Waals surface area contributed by atoms with Crippen LogP contribution in [0.1, 0.15) is 36.9 Å². The van der Waals surface area contributed by atoms with Crippen molar-refractivity contribution in [2.24, 2.45) is 4.99 Å². The fourth-order valence-corrected chi connectivity index (χ4v) is 3.55. The summed E-state index contributed by atoms with van der Waals surface area (Å²) < 4.78 is 11.7. The molecule has 0 aromatic carbocycles. The molecule has 1 N–H and O–H groups in total. The van der Waals surface area contributed by atoms with E-state index in [0.29, 0.717) is 12.2 Å². The maximum Gasteiger partial charge on any atom is 0.193 e. The van der Waals surface area contributed by atoms with Gasteiger partial charge in [-0.3, -0.25) is 9.98 Å². The lowest BCUT2D eigenvalue weighted by Gasteiger charge is -2.34. The molecule has 1 atom stereocenters. The van der Waals surface area contributed by atoms with E-state index in [0.717, 1.165) is 70.2 Å². The number of hydrogen-bond donors (Lipinski definition) is 1. The van der Waals surface area contributed by atoms with Crippen LogP contribution in [0.3, 0.4) is 0 Å². The maximum absolute atomic E-state index is 6.06. The average Bonchev–Trinajstić information content (AvgIpc) is 3.19. The van der Waals surface area contributed by atoms with Crippen LogP contribution in [0.5, 0.6) is 0 Å². The molecule has 1 unspecified atom stereocenters. The third-order valence-electron chi connectivity index (χ3n) is 5.16. The van der Waals surface area contributed by atoms with Gasteiger partial charge in [-0.2, -0.15) is 0 Å². The van der Waals surface area contributed by atoms with Crippen LogP contribution < -0.4 is 5.32 Å². The summed E-state index contributed by atoms with van der Waals surface area (Å²) in [6, 6.07) is 4.20. The first-order valence-corrected chi connectivity index (χ1v) is 9.85. The molecular formula is C20H32N4O2. The Morgan fingerprint density at radius 3 is 2.85 bits per heavy atom. The zero-order chi connectivity index (χ0) is 18.2. The lowest BCUT2D eigenvalue weighted by molar-refractivity contribution is -0.0367. The Bertz CT molecular complexity index is 562. The molecule has 0 radical (unpaired) electrons. The van der Waals surface area contributed by atoms with Gasteiger partial charge < -0.3 is 19.7 Å². The van der Waals surface area contributed by atoms with Gasteiger partial charge in [0.15, 0.2) is 5.96 Å². The van der Waals surface area contributed by atoms with Crippen LogP contribution in [0.15, 0.2) is 23.3 Å². The standard InChI is InChI=1S/C20H32N4O2/c1-16-5-6-17(14-23-16)7-10-22-20(21-2)24-11-8-18(9-12-24)26-15-19-4-3-13-25-19/h5-6,14,18-19H,3-4,7-13,15H2,1-2H3,(H,21,22). The van der Waals surface area contributed by atoms with Crippen LogP contribution in [0.4, 0.5) is 0 Å². The van der Waals surface area contributed by atoms with E-state index in [-0.39, 0.29) is 0 Å². The highest BCUT2D eigenvalue weighted by molar-refractivity contribution is 5.79. The van der Waals surface area contributed by atoms with E-state index < -0.39 is 0 Å². The molecule has 6 heteroatoms. The second kappa shape index (κ2) is 9.88. The van der Waals surface area contributed by atoms with Crippen LogP contribution in [-0.4, -0.2) is 67.9 Å². The van der Waals surface area contributed by atoms with E-state index in [1.165, 1.54) is 12.0 Å². The molecule has 2 aliphatic rings. The van der Waals surface area contributed by atoms with Crippen molar-refractivity contribution in [3.8, 4) is 0 Å². The first-order chi connectivity index (χ1) is 12.7. The summed E-state index contributed by atoms with van der Waals surface area (Å²) in [5.41, 5.74) is 2.31. The van der Waals surface area contributed by atoms with Crippen LogP contribution in [0, 0.1) is 6.92 Å². The molecule has 1 aromatic heterocycles. The summed E-state index contributed by atoms with van der Waals surface area (Å²) in [7, 11) is 1.86. The third-order valence-corrected chi connectivity index (χ3v) is 5.16. The van der Waals surface area contributed by atoms with E-state index in [1.54, 1.807) is 0 Å². The van der Waals surface area contributed by atoms with Gasteiger partial charge >= 0.3 is 0 Å². The summed E-state index contributed by atoms with van der Waals surface area (Å²) in [6.45, 7) is 6.50.